The number of pyridine rings is 1. The Bertz CT molecular complexity index is 1110. The van der Waals surface area contributed by atoms with Crippen LogP contribution in [0.25, 0.3) is 0 Å². The van der Waals surface area contributed by atoms with E-state index in [0.29, 0.717) is 17.2 Å². The average Bonchev–Trinajstić information content (AvgIpc) is 2.79. The van der Waals surface area contributed by atoms with Gasteiger partial charge in [0, 0.05) is 11.4 Å². The summed E-state index contributed by atoms with van der Waals surface area (Å²) in [6.45, 7) is 1.89. The molecule has 3 aromatic carbocycles. The second-order valence-corrected chi connectivity index (χ2v) is 8.93. The number of nitrogens with one attached hydrogen (secondary N) is 1. The van der Waals surface area contributed by atoms with E-state index in [2.05, 4.69) is 10.3 Å². The number of benzene rings is 3. The molecule has 31 heavy (non-hydrogen) atoms. The summed E-state index contributed by atoms with van der Waals surface area (Å²) in [5.74, 6) is 0.0683. The van der Waals surface area contributed by atoms with Gasteiger partial charge in [0.05, 0.1) is 5.69 Å². The monoisotopic (exact) mass is 430 g/mol. The van der Waals surface area contributed by atoms with Gasteiger partial charge in [0.15, 0.2) is 5.78 Å². The fourth-order valence-electron chi connectivity index (χ4n) is 3.10. The van der Waals surface area contributed by atoms with Gasteiger partial charge in [-0.1, -0.05) is 60.7 Å². The van der Waals surface area contributed by atoms with E-state index in [0.717, 1.165) is 11.4 Å². The smallest absolute Gasteiger partial charge is 0.414 e. The van der Waals surface area contributed by atoms with Crippen LogP contribution in [0.15, 0.2) is 109 Å². The molecule has 1 atom stereocenters. The molecule has 0 bridgehead atoms. The Balaban J connectivity index is 1.80. The largest absolute Gasteiger partial charge is 0.459 e. The molecule has 0 amide bonds. The highest BCUT2D eigenvalue weighted by Gasteiger charge is 2.42. The maximum Gasteiger partial charge on any atom is 0.459 e. The Labute approximate surface area is 182 Å². The number of nitrogens with zero attached hydrogens (tertiary/aromatic N) is 1. The molecule has 0 aliphatic rings. The van der Waals surface area contributed by atoms with Gasteiger partial charge in [0.2, 0.25) is 0 Å². The molecule has 156 valence electrons. The van der Waals surface area contributed by atoms with E-state index >= 15 is 0 Å². The fourth-order valence-corrected chi connectivity index (χ4v) is 4.96. The van der Waals surface area contributed by atoms with Gasteiger partial charge >= 0.3 is 7.60 Å². The van der Waals surface area contributed by atoms with Crippen LogP contribution in [0.1, 0.15) is 17.2 Å². The first-order valence-corrected chi connectivity index (χ1v) is 11.6. The third-order valence-corrected chi connectivity index (χ3v) is 6.49. The van der Waals surface area contributed by atoms with Crippen LogP contribution in [0.5, 0.6) is 11.5 Å². The molecule has 6 heteroatoms. The van der Waals surface area contributed by atoms with Crippen molar-refractivity contribution >= 4 is 13.3 Å². The summed E-state index contributed by atoms with van der Waals surface area (Å²) in [5, 5.41) is 3.33. The lowest BCUT2D eigenvalue weighted by atomic mass is 10.3. The van der Waals surface area contributed by atoms with Gasteiger partial charge in [-0.05, 0) is 55.5 Å². The Morgan fingerprint density at radius 1 is 0.710 bits per heavy atom. The van der Waals surface area contributed by atoms with Crippen LogP contribution in [-0.2, 0) is 4.57 Å². The van der Waals surface area contributed by atoms with E-state index in [4.69, 9.17) is 9.05 Å². The summed E-state index contributed by atoms with van der Waals surface area (Å²) in [6.07, 6.45) is 0. The van der Waals surface area contributed by atoms with Gasteiger partial charge in [-0.25, -0.2) is 4.57 Å². The van der Waals surface area contributed by atoms with Crippen molar-refractivity contribution in [3.63, 3.8) is 0 Å². The Morgan fingerprint density at radius 3 is 1.74 bits per heavy atom. The maximum absolute atomic E-state index is 14.4. The number of aryl methyl sites for hydroxylation is 1. The van der Waals surface area contributed by atoms with E-state index < -0.39 is 13.4 Å². The summed E-state index contributed by atoms with van der Waals surface area (Å²) in [7, 11) is -3.85. The molecule has 0 saturated heterocycles. The highest BCUT2D eigenvalue weighted by Crippen LogP contribution is 2.59. The highest BCUT2D eigenvalue weighted by molar-refractivity contribution is 7.55. The molecule has 1 heterocycles. The Morgan fingerprint density at radius 2 is 1.23 bits per heavy atom. The van der Waals surface area contributed by atoms with Crippen molar-refractivity contribution in [3.8, 4) is 11.5 Å². The van der Waals surface area contributed by atoms with Gasteiger partial charge in [-0.3, -0.25) is 4.98 Å². The van der Waals surface area contributed by atoms with Crippen LogP contribution in [0, 0.1) is 6.92 Å². The summed E-state index contributed by atoms with van der Waals surface area (Å²) in [5.41, 5.74) is 2.16. The lowest BCUT2D eigenvalue weighted by Crippen LogP contribution is -2.19. The van der Waals surface area contributed by atoms with Gasteiger partial charge < -0.3 is 14.4 Å². The lowest BCUT2D eigenvalue weighted by molar-refractivity contribution is 0.375. The molecule has 0 unspecified atom stereocenters. The Kier molecular flexibility index (Phi) is 6.34. The zero-order chi connectivity index (χ0) is 21.5. The molecule has 0 saturated carbocycles. The average molecular weight is 430 g/mol. The lowest BCUT2D eigenvalue weighted by Gasteiger charge is -2.28. The molecule has 0 spiro atoms. The normalized spacial score (nSPS) is 12.0. The zero-order valence-corrected chi connectivity index (χ0v) is 18.0. The third kappa shape index (κ3) is 5.33. The summed E-state index contributed by atoms with van der Waals surface area (Å²) in [4.78, 5) is 4.62. The number of anilines is 1. The second-order valence-electron chi connectivity index (χ2n) is 6.97. The molecule has 0 aliphatic heterocycles. The molecule has 4 rings (SSSR count). The van der Waals surface area contributed by atoms with E-state index in [1.165, 1.54) is 0 Å². The van der Waals surface area contributed by atoms with Crippen LogP contribution < -0.4 is 14.4 Å². The maximum atomic E-state index is 14.4. The van der Waals surface area contributed by atoms with E-state index in [1.54, 1.807) is 24.3 Å². The van der Waals surface area contributed by atoms with E-state index in [-0.39, 0.29) is 0 Å². The van der Waals surface area contributed by atoms with Gasteiger partial charge in [0.1, 0.15) is 11.5 Å². The summed E-state index contributed by atoms with van der Waals surface area (Å²) < 4.78 is 26.6. The number of rotatable bonds is 8. The Hall–Kier alpha value is -3.56. The van der Waals surface area contributed by atoms with Crippen molar-refractivity contribution in [1.82, 2.24) is 4.98 Å². The summed E-state index contributed by atoms with van der Waals surface area (Å²) in [6, 6.07) is 33.2. The molecule has 5 nitrogen and oxygen atoms in total. The van der Waals surface area contributed by atoms with Crippen LogP contribution >= 0.6 is 7.60 Å². The number of aromatic nitrogens is 1. The second kappa shape index (κ2) is 9.50. The highest BCUT2D eigenvalue weighted by atomic mass is 31.2. The predicted molar refractivity (Wildman–Crippen MR) is 124 cm³/mol. The third-order valence-electron chi connectivity index (χ3n) is 4.54. The van der Waals surface area contributed by atoms with Crippen molar-refractivity contribution in [2.75, 3.05) is 5.32 Å². The minimum Gasteiger partial charge on any atom is -0.414 e. The van der Waals surface area contributed by atoms with Crippen LogP contribution in [0.2, 0.25) is 0 Å². The SMILES string of the molecule is Cc1cccc([C@H](Nc2ccccc2)P(=O)(Oc2ccccc2)Oc2ccccc2)n1. The van der Waals surface area contributed by atoms with Gasteiger partial charge in [-0.2, -0.15) is 0 Å². The zero-order valence-electron chi connectivity index (χ0n) is 17.1. The minimum absolute atomic E-state index is 0.453. The quantitative estimate of drug-likeness (QED) is 0.310. The molecule has 4 aromatic rings. The fraction of sp³-hybridized carbons (Fsp3) is 0.0800. The van der Waals surface area contributed by atoms with Gasteiger partial charge in [-0.15, -0.1) is 0 Å². The molecular weight excluding hydrogens is 407 g/mol. The molecule has 1 aromatic heterocycles. The van der Waals surface area contributed by atoms with Crippen LogP contribution in [-0.4, -0.2) is 4.98 Å². The van der Waals surface area contributed by atoms with Crippen molar-refractivity contribution in [3.05, 3.63) is 121 Å². The van der Waals surface area contributed by atoms with E-state index in [9.17, 15) is 4.57 Å². The summed E-state index contributed by atoms with van der Waals surface area (Å²) >= 11 is 0. The number of hydrogen-bond acceptors (Lipinski definition) is 5. The molecule has 0 radical (unpaired) electrons. The van der Waals surface area contributed by atoms with Crippen LogP contribution in [0.3, 0.4) is 0 Å². The van der Waals surface area contributed by atoms with Crippen LogP contribution in [0.4, 0.5) is 5.69 Å². The standard InChI is InChI=1S/C25H23N2O3P/c1-20-12-11-19-24(26-20)25(27-21-13-5-2-6-14-21)31(28,29-22-15-7-3-8-16-22)30-23-17-9-4-10-18-23/h2-19,25,27H,1H3/t25-/m1/s1. The number of para-hydroxylation sites is 3. The first-order valence-electron chi connectivity index (χ1n) is 9.96. The number of hydrogen-bond donors (Lipinski definition) is 1. The van der Waals surface area contributed by atoms with E-state index in [1.807, 2.05) is 91.9 Å². The molecule has 0 fully saturated rings. The molecule has 0 aliphatic carbocycles. The van der Waals surface area contributed by atoms with Crippen molar-refractivity contribution in [1.29, 1.82) is 0 Å². The predicted octanol–water partition coefficient (Wildman–Crippen LogP) is 6.85. The first kappa shape index (κ1) is 20.7. The first-order chi connectivity index (χ1) is 15.1. The topological polar surface area (TPSA) is 60.5 Å². The molecule has 1 N–H and O–H groups in total. The van der Waals surface area contributed by atoms with Crippen molar-refractivity contribution in [2.45, 2.75) is 12.7 Å². The van der Waals surface area contributed by atoms with Crippen molar-refractivity contribution < 1.29 is 13.6 Å². The van der Waals surface area contributed by atoms with Gasteiger partial charge in [0.25, 0.3) is 0 Å². The van der Waals surface area contributed by atoms with Crippen molar-refractivity contribution in [2.24, 2.45) is 0 Å². The molecular formula is C25H23N2O3P. The minimum atomic E-state index is -3.85.